The lowest BCUT2D eigenvalue weighted by Gasteiger charge is -2.19. The molecule has 0 fully saturated rings. The lowest BCUT2D eigenvalue weighted by molar-refractivity contribution is 0.0973. The van der Waals surface area contributed by atoms with Crippen LogP contribution in [0.15, 0.2) is 104 Å². The van der Waals surface area contributed by atoms with Crippen LogP contribution in [0.3, 0.4) is 0 Å². The summed E-state index contributed by atoms with van der Waals surface area (Å²) in [6.07, 6.45) is 0.194. The molecule has 0 aliphatic rings. The predicted molar refractivity (Wildman–Crippen MR) is 160 cm³/mol. The van der Waals surface area contributed by atoms with E-state index in [0.29, 0.717) is 27.6 Å². The Morgan fingerprint density at radius 3 is 2.30 bits per heavy atom. The van der Waals surface area contributed by atoms with E-state index in [2.05, 4.69) is 20.7 Å². The standard InChI is InChI=1S/C30H23BrN2O5S2/c1-2-25(34)28-27(20-7-4-3-5-8-20)24-17-21(31)12-15-23(24)30(36)33(28)18-19-10-13-22(14-11-19)40(37,38)32-29(35)26-9-6-16-39-26/h3-17H,2,18H2,1H3,(H,32,35). The zero-order valence-electron chi connectivity index (χ0n) is 21.3. The maximum absolute atomic E-state index is 13.8. The number of amides is 1. The van der Waals surface area contributed by atoms with Gasteiger partial charge in [0, 0.05) is 21.8 Å². The highest BCUT2D eigenvalue weighted by Gasteiger charge is 2.23. The molecule has 5 rings (SSSR count). The molecule has 0 spiro atoms. The van der Waals surface area contributed by atoms with Crippen LogP contribution in [0.4, 0.5) is 0 Å². The highest BCUT2D eigenvalue weighted by atomic mass is 79.9. The van der Waals surface area contributed by atoms with Crippen LogP contribution in [0.5, 0.6) is 0 Å². The second kappa shape index (κ2) is 11.3. The molecule has 1 amide bonds. The van der Waals surface area contributed by atoms with E-state index < -0.39 is 15.9 Å². The number of carbonyl (C=O) groups is 2. The van der Waals surface area contributed by atoms with E-state index in [1.807, 2.05) is 36.4 Å². The summed E-state index contributed by atoms with van der Waals surface area (Å²) in [6.45, 7) is 1.80. The first-order valence-electron chi connectivity index (χ1n) is 12.3. The van der Waals surface area contributed by atoms with E-state index in [1.165, 1.54) is 22.8 Å². The van der Waals surface area contributed by atoms with Crippen molar-refractivity contribution < 1.29 is 18.0 Å². The van der Waals surface area contributed by atoms with Gasteiger partial charge in [-0.25, -0.2) is 13.1 Å². The van der Waals surface area contributed by atoms with Crippen LogP contribution >= 0.6 is 27.3 Å². The Labute approximate surface area is 243 Å². The molecule has 0 radical (unpaired) electrons. The Bertz CT molecular complexity index is 1900. The number of rotatable bonds is 8. The van der Waals surface area contributed by atoms with Crippen LogP contribution in [0.2, 0.25) is 0 Å². The smallest absolute Gasteiger partial charge is 0.275 e. The van der Waals surface area contributed by atoms with Crippen molar-refractivity contribution in [3.63, 3.8) is 0 Å². The minimum Gasteiger partial charge on any atom is -0.300 e. The molecule has 0 saturated carbocycles. The Hall–Kier alpha value is -3.86. The third-order valence-electron chi connectivity index (χ3n) is 6.43. The maximum atomic E-state index is 13.8. The van der Waals surface area contributed by atoms with Crippen molar-refractivity contribution >= 4 is 59.8 Å². The van der Waals surface area contributed by atoms with Gasteiger partial charge in [-0.1, -0.05) is 71.4 Å². The van der Waals surface area contributed by atoms with Gasteiger partial charge in [-0.3, -0.25) is 19.0 Å². The van der Waals surface area contributed by atoms with Crippen LogP contribution in [0.25, 0.3) is 21.9 Å². The Balaban J connectivity index is 1.59. The number of hydrogen-bond acceptors (Lipinski definition) is 6. The number of fused-ring (bicyclic) bond motifs is 1. The van der Waals surface area contributed by atoms with Gasteiger partial charge in [0.15, 0.2) is 5.78 Å². The molecule has 2 heterocycles. The van der Waals surface area contributed by atoms with Crippen molar-refractivity contribution in [3.05, 3.63) is 121 Å². The van der Waals surface area contributed by atoms with Crippen LogP contribution in [-0.2, 0) is 16.6 Å². The van der Waals surface area contributed by atoms with Crippen LogP contribution in [0.1, 0.15) is 39.1 Å². The SMILES string of the molecule is CCC(=O)c1c(-c2ccccc2)c2cc(Br)ccc2c(=O)n1Cc1ccc(S(=O)(=O)NC(=O)c2cccs2)cc1. The highest BCUT2D eigenvalue weighted by molar-refractivity contribution is 9.10. The van der Waals surface area contributed by atoms with E-state index >= 15 is 0 Å². The summed E-state index contributed by atoms with van der Waals surface area (Å²) in [5, 5.41) is 2.82. The zero-order chi connectivity index (χ0) is 28.4. The minimum absolute atomic E-state index is 0.0492. The monoisotopic (exact) mass is 634 g/mol. The van der Waals surface area contributed by atoms with Crippen molar-refractivity contribution in [3.8, 4) is 11.1 Å². The van der Waals surface area contributed by atoms with E-state index in [1.54, 1.807) is 42.6 Å². The first kappa shape index (κ1) is 27.7. The number of halogens is 1. The minimum atomic E-state index is -4.10. The fraction of sp³-hybridized carbons (Fsp3) is 0.100. The average Bonchev–Trinajstić information content (AvgIpc) is 3.50. The fourth-order valence-corrected chi connectivity index (χ4v) is 6.53. The van der Waals surface area contributed by atoms with E-state index in [9.17, 15) is 22.8 Å². The number of carbonyl (C=O) groups excluding carboxylic acids is 2. The van der Waals surface area contributed by atoms with Crippen molar-refractivity contribution in [1.82, 2.24) is 9.29 Å². The zero-order valence-corrected chi connectivity index (χ0v) is 24.5. The number of hydrogen-bond donors (Lipinski definition) is 1. The van der Waals surface area contributed by atoms with Gasteiger partial charge in [-0.15, -0.1) is 11.3 Å². The van der Waals surface area contributed by atoms with Crippen molar-refractivity contribution in [1.29, 1.82) is 0 Å². The van der Waals surface area contributed by atoms with E-state index in [-0.39, 0.29) is 34.1 Å². The van der Waals surface area contributed by atoms with Gasteiger partial charge < -0.3 is 0 Å². The molecule has 0 aliphatic carbocycles. The number of nitrogens with zero attached hydrogens (tertiary/aromatic N) is 1. The lowest BCUT2D eigenvalue weighted by Crippen LogP contribution is -2.30. The van der Waals surface area contributed by atoms with Crippen LogP contribution in [0, 0.1) is 0 Å². The molecule has 0 saturated heterocycles. The number of sulfonamides is 1. The van der Waals surface area contributed by atoms with E-state index in [4.69, 9.17) is 0 Å². The number of thiophene rings is 1. The Kier molecular flexibility index (Phi) is 7.84. The summed E-state index contributed by atoms with van der Waals surface area (Å²) in [5.74, 6) is -0.891. The van der Waals surface area contributed by atoms with Gasteiger partial charge in [-0.2, -0.15) is 0 Å². The first-order chi connectivity index (χ1) is 19.2. The largest absolute Gasteiger partial charge is 0.300 e. The molecule has 0 atom stereocenters. The molecule has 0 aliphatic heterocycles. The summed E-state index contributed by atoms with van der Waals surface area (Å²) < 4.78 is 29.9. The summed E-state index contributed by atoms with van der Waals surface area (Å²) in [6, 6.07) is 23.9. The average molecular weight is 636 g/mol. The topological polar surface area (TPSA) is 102 Å². The Morgan fingerprint density at radius 2 is 1.65 bits per heavy atom. The van der Waals surface area contributed by atoms with Gasteiger partial charge in [0.2, 0.25) is 0 Å². The molecule has 2 aromatic heterocycles. The van der Waals surface area contributed by atoms with Crippen molar-refractivity contribution in [2.75, 3.05) is 0 Å². The Morgan fingerprint density at radius 1 is 0.925 bits per heavy atom. The molecule has 202 valence electrons. The summed E-state index contributed by atoms with van der Waals surface area (Å²) in [7, 11) is -4.10. The molecule has 0 unspecified atom stereocenters. The van der Waals surface area contributed by atoms with Crippen LogP contribution in [-0.4, -0.2) is 24.7 Å². The van der Waals surface area contributed by atoms with Gasteiger partial charge in [0.1, 0.15) is 0 Å². The quantitative estimate of drug-likeness (QED) is 0.203. The van der Waals surface area contributed by atoms with Crippen molar-refractivity contribution in [2.45, 2.75) is 24.8 Å². The van der Waals surface area contributed by atoms with Gasteiger partial charge in [0.25, 0.3) is 21.5 Å². The number of benzene rings is 3. The van der Waals surface area contributed by atoms with Crippen molar-refractivity contribution in [2.24, 2.45) is 0 Å². The van der Waals surface area contributed by atoms with Gasteiger partial charge >= 0.3 is 0 Å². The molecule has 3 aromatic carbocycles. The first-order valence-corrected chi connectivity index (χ1v) is 15.5. The molecule has 1 N–H and O–H groups in total. The summed E-state index contributed by atoms with van der Waals surface area (Å²) in [5.41, 5.74) is 2.06. The molecular weight excluding hydrogens is 612 g/mol. The highest BCUT2D eigenvalue weighted by Crippen LogP contribution is 2.33. The lowest BCUT2D eigenvalue weighted by atomic mass is 9.94. The van der Waals surface area contributed by atoms with E-state index in [0.717, 1.165) is 21.4 Å². The molecule has 7 nitrogen and oxygen atoms in total. The maximum Gasteiger partial charge on any atom is 0.275 e. The summed E-state index contributed by atoms with van der Waals surface area (Å²) >= 11 is 4.63. The fourth-order valence-electron chi connectivity index (χ4n) is 4.52. The van der Waals surface area contributed by atoms with Gasteiger partial charge in [-0.05, 0) is 58.3 Å². The second-order valence-electron chi connectivity index (χ2n) is 9.00. The second-order valence-corrected chi connectivity index (χ2v) is 12.5. The number of pyridine rings is 1. The molecule has 0 bridgehead atoms. The normalized spacial score (nSPS) is 11.4. The molecule has 10 heteroatoms. The number of nitrogens with one attached hydrogen (secondary N) is 1. The van der Waals surface area contributed by atoms with Crippen LogP contribution < -0.4 is 10.3 Å². The van der Waals surface area contributed by atoms with Gasteiger partial charge in [0.05, 0.1) is 22.0 Å². The number of aromatic nitrogens is 1. The molecule has 40 heavy (non-hydrogen) atoms. The summed E-state index contributed by atoms with van der Waals surface area (Å²) in [4.78, 5) is 39.7. The number of Topliss-reactive ketones (excluding diaryl/α,β-unsaturated/α-hetero) is 1. The third-order valence-corrected chi connectivity index (χ3v) is 9.14. The molecular formula is C30H23BrN2O5S2. The number of ketones is 1. The third kappa shape index (κ3) is 5.42. The predicted octanol–water partition coefficient (Wildman–Crippen LogP) is 6.25. The molecule has 5 aromatic rings.